The number of rotatable bonds is 3. The molecule has 0 aliphatic heterocycles. The van der Waals surface area contributed by atoms with Crippen molar-refractivity contribution >= 4 is 17.0 Å². The van der Waals surface area contributed by atoms with Gasteiger partial charge < -0.3 is 14.6 Å². The number of benzene rings is 1. The smallest absolute Gasteiger partial charge is 0.356 e. The molecule has 0 saturated carbocycles. The van der Waals surface area contributed by atoms with Crippen LogP contribution >= 0.6 is 0 Å². The van der Waals surface area contributed by atoms with Gasteiger partial charge in [0, 0.05) is 12.1 Å². The fourth-order valence-corrected chi connectivity index (χ4v) is 1.44. The van der Waals surface area contributed by atoms with Crippen molar-refractivity contribution in [3.05, 3.63) is 24.0 Å². The number of hydrogen-bond acceptors (Lipinski definition) is 5. The molecule has 0 amide bonds. The number of carbonyl (C=O) groups is 1. The summed E-state index contributed by atoms with van der Waals surface area (Å²) in [7, 11) is 3.01. The zero-order chi connectivity index (χ0) is 12.4. The standard InChI is InChI=1S/C11H10N2O4/c1-16-9-3-6-7(4-10(9)17-2)13-8(5-12-6)11(14)15/h3-5H,1-2H3,(H,14,15). The number of nitrogens with zero attached hydrogens (tertiary/aromatic N) is 2. The van der Waals surface area contributed by atoms with Crippen molar-refractivity contribution in [2.45, 2.75) is 0 Å². The molecule has 0 bridgehead atoms. The summed E-state index contributed by atoms with van der Waals surface area (Å²) in [5.41, 5.74) is 0.889. The normalized spacial score (nSPS) is 10.2. The van der Waals surface area contributed by atoms with Gasteiger partial charge in [-0.05, 0) is 0 Å². The van der Waals surface area contributed by atoms with Crippen molar-refractivity contribution in [2.75, 3.05) is 14.2 Å². The molecule has 0 spiro atoms. The lowest BCUT2D eigenvalue weighted by Gasteiger charge is -2.08. The highest BCUT2D eigenvalue weighted by molar-refractivity contribution is 5.88. The number of hydrogen-bond donors (Lipinski definition) is 1. The Kier molecular flexibility index (Phi) is 2.78. The zero-order valence-electron chi connectivity index (χ0n) is 9.30. The van der Waals surface area contributed by atoms with E-state index in [1.807, 2.05) is 0 Å². The van der Waals surface area contributed by atoms with E-state index in [-0.39, 0.29) is 5.69 Å². The summed E-state index contributed by atoms with van der Waals surface area (Å²) in [4.78, 5) is 18.7. The molecule has 0 aliphatic rings. The van der Waals surface area contributed by atoms with Crippen LogP contribution in [-0.4, -0.2) is 35.3 Å². The predicted molar refractivity (Wildman–Crippen MR) is 59.6 cm³/mol. The SMILES string of the molecule is COc1cc2ncc(C(=O)O)nc2cc1OC. The second-order valence-corrected chi connectivity index (χ2v) is 3.26. The molecule has 0 radical (unpaired) electrons. The number of carboxylic acids is 1. The van der Waals surface area contributed by atoms with Crippen molar-refractivity contribution in [1.29, 1.82) is 0 Å². The Bertz CT molecular complexity index is 583. The molecular formula is C11H10N2O4. The van der Waals surface area contributed by atoms with Crippen LogP contribution in [0.3, 0.4) is 0 Å². The van der Waals surface area contributed by atoms with Crippen LogP contribution in [0.25, 0.3) is 11.0 Å². The van der Waals surface area contributed by atoms with Crippen LogP contribution in [0.15, 0.2) is 18.3 Å². The number of aromatic nitrogens is 2. The fourth-order valence-electron chi connectivity index (χ4n) is 1.44. The average Bonchev–Trinajstić information content (AvgIpc) is 2.36. The van der Waals surface area contributed by atoms with Gasteiger partial charge in [-0.15, -0.1) is 0 Å². The van der Waals surface area contributed by atoms with Crippen LogP contribution in [0.2, 0.25) is 0 Å². The minimum Gasteiger partial charge on any atom is -0.493 e. The maximum atomic E-state index is 10.8. The van der Waals surface area contributed by atoms with Crippen molar-refractivity contribution in [2.24, 2.45) is 0 Å². The third kappa shape index (κ3) is 1.96. The molecule has 1 heterocycles. The maximum absolute atomic E-state index is 10.8. The minimum absolute atomic E-state index is 0.107. The number of carboxylic acid groups (broad SMARTS) is 1. The maximum Gasteiger partial charge on any atom is 0.356 e. The zero-order valence-corrected chi connectivity index (χ0v) is 9.30. The predicted octanol–water partition coefficient (Wildman–Crippen LogP) is 1.35. The topological polar surface area (TPSA) is 81.5 Å². The van der Waals surface area contributed by atoms with E-state index in [1.165, 1.54) is 20.4 Å². The van der Waals surface area contributed by atoms with Crippen LogP contribution in [0.5, 0.6) is 11.5 Å². The van der Waals surface area contributed by atoms with E-state index in [0.717, 1.165) is 0 Å². The highest BCUT2D eigenvalue weighted by Crippen LogP contribution is 2.30. The first-order valence-electron chi connectivity index (χ1n) is 4.77. The largest absolute Gasteiger partial charge is 0.493 e. The second-order valence-electron chi connectivity index (χ2n) is 3.26. The molecule has 0 fully saturated rings. The number of ether oxygens (including phenoxy) is 2. The molecular weight excluding hydrogens is 224 g/mol. The van der Waals surface area contributed by atoms with Crippen LogP contribution in [-0.2, 0) is 0 Å². The summed E-state index contributed by atoms with van der Waals surface area (Å²) < 4.78 is 10.2. The molecule has 2 rings (SSSR count). The molecule has 0 atom stereocenters. The minimum atomic E-state index is -1.12. The summed E-state index contributed by atoms with van der Waals surface area (Å²) in [6.45, 7) is 0. The number of methoxy groups -OCH3 is 2. The summed E-state index contributed by atoms with van der Waals surface area (Å²) in [6, 6.07) is 3.24. The molecule has 17 heavy (non-hydrogen) atoms. The fraction of sp³-hybridized carbons (Fsp3) is 0.182. The first kappa shape index (κ1) is 11.1. The molecule has 1 aromatic heterocycles. The van der Waals surface area contributed by atoms with Gasteiger partial charge >= 0.3 is 5.97 Å². The van der Waals surface area contributed by atoms with Crippen molar-refractivity contribution in [3.63, 3.8) is 0 Å². The van der Waals surface area contributed by atoms with E-state index in [9.17, 15) is 4.79 Å². The highest BCUT2D eigenvalue weighted by atomic mass is 16.5. The molecule has 6 nitrogen and oxygen atoms in total. The number of fused-ring (bicyclic) bond motifs is 1. The third-order valence-corrected chi connectivity index (χ3v) is 2.27. The van der Waals surface area contributed by atoms with E-state index in [1.54, 1.807) is 12.1 Å². The van der Waals surface area contributed by atoms with Gasteiger partial charge in [-0.2, -0.15) is 0 Å². The quantitative estimate of drug-likeness (QED) is 0.863. The lowest BCUT2D eigenvalue weighted by Crippen LogP contribution is -2.02. The van der Waals surface area contributed by atoms with Crippen LogP contribution < -0.4 is 9.47 Å². The van der Waals surface area contributed by atoms with Crippen LogP contribution in [0.4, 0.5) is 0 Å². The average molecular weight is 234 g/mol. The molecule has 88 valence electrons. The van der Waals surface area contributed by atoms with Crippen LogP contribution in [0.1, 0.15) is 10.5 Å². The lowest BCUT2D eigenvalue weighted by atomic mass is 10.2. The summed E-state index contributed by atoms with van der Waals surface area (Å²) in [6.07, 6.45) is 1.20. The molecule has 0 saturated heterocycles. The van der Waals surface area contributed by atoms with E-state index in [4.69, 9.17) is 14.6 Å². The van der Waals surface area contributed by atoms with Gasteiger partial charge in [0.1, 0.15) is 0 Å². The van der Waals surface area contributed by atoms with E-state index in [0.29, 0.717) is 22.5 Å². The lowest BCUT2D eigenvalue weighted by molar-refractivity contribution is 0.0690. The van der Waals surface area contributed by atoms with Crippen molar-refractivity contribution in [1.82, 2.24) is 9.97 Å². The van der Waals surface area contributed by atoms with E-state index in [2.05, 4.69) is 9.97 Å². The van der Waals surface area contributed by atoms with Gasteiger partial charge in [0.25, 0.3) is 0 Å². The molecule has 0 unspecified atom stereocenters. The summed E-state index contributed by atoms with van der Waals surface area (Å²) >= 11 is 0. The highest BCUT2D eigenvalue weighted by Gasteiger charge is 2.11. The number of aromatic carboxylic acids is 1. The van der Waals surface area contributed by atoms with Crippen LogP contribution in [0, 0.1) is 0 Å². The van der Waals surface area contributed by atoms with Gasteiger partial charge in [-0.1, -0.05) is 0 Å². The molecule has 1 N–H and O–H groups in total. The first-order valence-corrected chi connectivity index (χ1v) is 4.77. The molecule has 6 heteroatoms. The third-order valence-electron chi connectivity index (χ3n) is 2.27. The Morgan fingerprint density at radius 1 is 1.18 bits per heavy atom. The Morgan fingerprint density at radius 3 is 2.29 bits per heavy atom. The van der Waals surface area contributed by atoms with E-state index >= 15 is 0 Å². The Hall–Kier alpha value is -2.37. The van der Waals surface area contributed by atoms with Gasteiger partial charge in [0.05, 0.1) is 31.4 Å². The van der Waals surface area contributed by atoms with Gasteiger partial charge in [0.2, 0.25) is 0 Å². The molecule has 2 aromatic rings. The molecule has 0 aliphatic carbocycles. The molecule has 1 aromatic carbocycles. The van der Waals surface area contributed by atoms with Crippen molar-refractivity contribution < 1.29 is 19.4 Å². The summed E-state index contributed by atoms with van der Waals surface area (Å²) in [5.74, 6) is -0.108. The van der Waals surface area contributed by atoms with Gasteiger partial charge in [0.15, 0.2) is 17.2 Å². The first-order chi connectivity index (χ1) is 8.15. The second kappa shape index (κ2) is 4.25. The summed E-state index contributed by atoms with van der Waals surface area (Å²) in [5, 5.41) is 8.81. The van der Waals surface area contributed by atoms with Gasteiger partial charge in [-0.25, -0.2) is 9.78 Å². The Balaban J connectivity index is 2.66. The Labute approximate surface area is 96.8 Å². The Morgan fingerprint density at radius 2 is 1.76 bits per heavy atom. The monoisotopic (exact) mass is 234 g/mol. The van der Waals surface area contributed by atoms with E-state index < -0.39 is 5.97 Å². The van der Waals surface area contributed by atoms with Gasteiger partial charge in [-0.3, -0.25) is 4.98 Å². The van der Waals surface area contributed by atoms with Crippen molar-refractivity contribution in [3.8, 4) is 11.5 Å².